The van der Waals surface area contributed by atoms with Crippen LogP contribution in [0.2, 0.25) is 10.0 Å². The molecule has 6 atom stereocenters. The minimum atomic E-state index is -4.47. The number of alkyl halides is 6. The summed E-state index contributed by atoms with van der Waals surface area (Å²) in [6.45, 7) is 33.2. The van der Waals surface area contributed by atoms with Gasteiger partial charge in [-0.15, -0.1) is 0 Å². The highest BCUT2D eigenvalue weighted by molar-refractivity contribution is 9.10. The molecule has 426 valence electrons. The van der Waals surface area contributed by atoms with Crippen molar-refractivity contribution in [2.75, 3.05) is 0 Å². The van der Waals surface area contributed by atoms with E-state index in [0.29, 0.717) is 94.1 Å². The number of hydrogen-bond donors (Lipinski definition) is 3. The normalized spacial score (nSPS) is 23.9. The third-order valence-electron chi connectivity index (χ3n) is 18.3. The van der Waals surface area contributed by atoms with Crippen molar-refractivity contribution >= 4 is 126 Å². The first-order chi connectivity index (χ1) is 35.9. The van der Waals surface area contributed by atoms with Crippen molar-refractivity contribution < 1.29 is 30.7 Å². The van der Waals surface area contributed by atoms with Crippen molar-refractivity contribution in [1.82, 2.24) is 28.7 Å². The minimum absolute atomic E-state index is 0.0162. The summed E-state index contributed by atoms with van der Waals surface area (Å²) < 4.78 is 102. The van der Waals surface area contributed by atoms with Crippen LogP contribution in [0, 0.1) is 89.6 Å². The monoisotopic (exact) mass is 1240 g/mol. The van der Waals surface area contributed by atoms with Crippen molar-refractivity contribution in [2.45, 2.75) is 135 Å². The maximum atomic E-state index is 14.1. The molecule has 3 aliphatic carbocycles. The quantitative estimate of drug-likeness (QED) is 0.0999. The summed E-state index contributed by atoms with van der Waals surface area (Å²) in [6, 6.07) is 7.46. The first-order valence-electron chi connectivity index (χ1n) is 26.7. The van der Waals surface area contributed by atoms with E-state index < -0.39 is 29.3 Å². The lowest BCUT2D eigenvalue weighted by atomic mass is 9.66. The second-order valence-corrected chi connectivity index (χ2v) is 26.9. The van der Waals surface area contributed by atoms with E-state index in [4.69, 9.17) is 59.9 Å². The molecule has 3 aromatic heterocycles. The number of fused-ring (bicyclic) bond motifs is 3. The Morgan fingerprint density at radius 1 is 0.513 bits per heavy atom. The molecule has 0 saturated carbocycles. The second-order valence-electron chi connectivity index (χ2n) is 24.1. The molecule has 6 nitrogen and oxygen atoms in total. The summed E-state index contributed by atoms with van der Waals surface area (Å²) in [5.74, 6) is 3.46. The van der Waals surface area contributed by atoms with Crippen molar-refractivity contribution in [3.63, 3.8) is 0 Å². The van der Waals surface area contributed by atoms with Crippen molar-refractivity contribution in [3.8, 4) is 0 Å². The summed E-state index contributed by atoms with van der Waals surface area (Å²) in [6.07, 6.45) is 0.467. The summed E-state index contributed by atoms with van der Waals surface area (Å²) in [4.78, 5) is 9.28. The molecule has 3 aliphatic rings. The van der Waals surface area contributed by atoms with Crippen LogP contribution in [-0.4, -0.2) is 28.7 Å². The smallest absolute Gasteiger partial charge is 0.330 e. The van der Waals surface area contributed by atoms with Gasteiger partial charge in [-0.1, -0.05) is 145 Å². The Morgan fingerprint density at radius 2 is 0.859 bits per heavy atom. The largest absolute Gasteiger partial charge is 0.416 e. The number of allylic oxidation sites excluding steroid dienone is 6. The van der Waals surface area contributed by atoms with E-state index in [1.54, 1.807) is 10.6 Å². The number of aromatic nitrogens is 6. The van der Waals surface area contributed by atoms with E-state index in [1.807, 2.05) is 9.13 Å². The number of aromatic amines is 3. The standard InChI is InChI=1S/C20H24BrF3N2S.C20H24ClF3N2S.C19H24ClFN2S/c2*1-10(2)13-6-7-16(19(13,5)11(3)4)26-15-9-12(20(22,23)24)8-14(21)17(15)25-18(26)27;1-10(2)12-6-7-17(19(12,5)11(3)4)23-16-9-14(21)13(20)8-15(16)22-18(23)24/h2*7-11,13H,6H2,1-5H3,(H,25,27);7-12H,6H2,1-5H3,(H,22,24)/t2*13?,19-;12?,19-/m000/s1. The number of halogens is 10. The van der Waals surface area contributed by atoms with Gasteiger partial charge in [-0.05, 0) is 155 Å². The zero-order chi connectivity index (χ0) is 58.4. The van der Waals surface area contributed by atoms with Crippen LogP contribution in [0.25, 0.3) is 50.2 Å². The number of nitrogens with zero attached hydrogens (tertiary/aromatic N) is 3. The fourth-order valence-corrected chi connectivity index (χ4v) is 15.1. The Hall–Kier alpha value is -3.48. The first-order valence-corrected chi connectivity index (χ1v) is 29.5. The lowest BCUT2D eigenvalue weighted by molar-refractivity contribution is -0.138. The Kier molecular flexibility index (Phi) is 17.8. The number of rotatable bonds is 9. The summed E-state index contributed by atoms with van der Waals surface area (Å²) in [7, 11) is 0. The van der Waals surface area contributed by atoms with E-state index >= 15 is 0 Å². The number of nitrogens with one attached hydrogen (secondary N) is 3. The van der Waals surface area contributed by atoms with Gasteiger partial charge in [0, 0.05) is 43.9 Å². The summed E-state index contributed by atoms with van der Waals surface area (Å²) in [5, 5.41) is 0.132. The number of imidazole rings is 3. The van der Waals surface area contributed by atoms with Gasteiger partial charge in [-0.2, -0.15) is 26.3 Å². The van der Waals surface area contributed by atoms with Crippen LogP contribution in [0.1, 0.15) is 134 Å². The van der Waals surface area contributed by atoms with E-state index in [1.165, 1.54) is 17.8 Å². The SMILES string of the molecule is CC(C)C1CC=C(n2c(=S)[nH]c3c(Br)cc(C(F)(F)F)cc32)[C@@]1(C)C(C)C.CC(C)C1CC=C(n2c(=S)[nH]c3c(Cl)cc(C(F)(F)F)cc32)[C@@]1(C)C(C)C.CC(C)C1CC=C(n2c(=S)[nH]c3cc(Cl)c(F)cc32)[C@@]1(C)C(C)C. The van der Waals surface area contributed by atoms with Crippen molar-refractivity contribution in [3.05, 3.63) is 100 Å². The average molecular weight is 1250 g/mol. The molecule has 3 unspecified atom stereocenters. The lowest BCUT2D eigenvalue weighted by Crippen LogP contribution is -2.35. The molecule has 0 amide bonds. The highest BCUT2D eigenvalue weighted by Gasteiger charge is 2.49. The third kappa shape index (κ3) is 10.8. The predicted octanol–water partition coefficient (Wildman–Crippen LogP) is 21.9. The van der Waals surface area contributed by atoms with Crippen LogP contribution in [-0.2, 0) is 12.4 Å². The molecule has 0 spiro atoms. The van der Waals surface area contributed by atoms with Crippen LogP contribution in [0.5, 0.6) is 0 Å². The van der Waals surface area contributed by atoms with Gasteiger partial charge < -0.3 is 15.0 Å². The number of H-pyrrole nitrogens is 3. The zero-order valence-electron chi connectivity index (χ0n) is 46.9. The molecule has 9 rings (SSSR count). The van der Waals surface area contributed by atoms with Gasteiger partial charge in [0.05, 0.1) is 54.3 Å². The second kappa shape index (κ2) is 22.4. The topological polar surface area (TPSA) is 62.2 Å². The molecule has 19 heteroatoms. The Labute approximate surface area is 487 Å². The van der Waals surface area contributed by atoms with E-state index in [0.717, 1.165) is 59.9 Å². The molecule has 0 aliphatic heterocycles. The molecule has 0 saturated heterocycles. The van der Waals surface area contributed by atoms with Crippen LogP contribution in [0.4, 0.5) is 30.7 Å². The molecule has 3 N–H and O–H groups in total. The lowest BCUT2D eigenvalue weighted by Gasteiger charge is -2.41. The Bertz CT molecular complexity index is 3390. The zero-order valence-corrected chi connectivity index (χ0v) is 52.4. The molecule has 6 aromatic rings. The molecule has 78 heavy (non-hydrogen) atoms. The minimum Gasteiger partial charge on any atom is -0.330 e. The van der Waals surface area contributed by atoms with Gasteiger partial charge in [-0.25, -0.2) is 4.39 Å². The fraction of sp³-hybridized carbons (Fsp3) is 0.542. The van der Waals surface area contributed by atoms with E-state index in [9.17, 15) is 30.7 Å². The maximum Gasteiger partial charge on any atom is 0.416 e. The molecule has 3 heterocycles. The first kappa shape index (κ1) is 62.1. The van der Waals surface area contributed by atoms with Crippen LogP contribution in [0.15, 0.2) is 59.1 Å². The average Bonchev–Trinajstić information content (AvgIpc) is 4.23. The van der Waals surface area contributed by atoms with Gasteiger partial charge >= 0.3 is 12.4 Å². The van der Waals surface area contributed by atoms with Gasteiger partial charge in [0.2, 0.25) is 0 Å². The highest BCUT2D eigenvalue weighted by atomic mass is 79.9. The fourth-order valence-electron chi connectivity index (χ4n) is 13.2. The predicted molar refractivity (Wildman–Crippen MR) is 320 cm³/mol. The number of hydrogen-bond acceptors (Lipinski definition) is 3. The van der Waals surface area contributed by atoms with Crippen LogP contribution >= 0.6 is 75.8 Å². The van der Waals surface area contributed by atoms with E-state index in [2.05, 4.69) is 153 Å². The maximum absolute atomic E-state index is 14.1. The Balaban J connectivity index is 0.000000170. The molecule has 0 fully saturated rings. The molecular formula is C59H72BrCl2F7N6S3. The van der Waals surface area contributed by atoms with Crippen LogP contribution < -0.4 is 0 Å². The molecule has 0 radical (unpaired) electrons. The van der Waals surface area contributed by atoms with E-state index in [-0.39, 0.29) is 26.3 Å². The highest BCUT2D eigenvalue weighted by Crippen LogP contribution is 2.58. The summed E-state index contributed by atoms with van der Waals surface area (Å²) >= 11 is 32.0. The Morgan fingerprint density at radius 3 is 1.23 bits per heavy atom. The molecule has 3 aromatic carbocycles. The van der Waals surface area contributed by atoms with Gasteiger partial charge in [0.25, 0.3) is 0 Å². The van der Waals surface area contributed by atoms with Gasteiger partial charge in [-0.3, -0.25) is 13.7 Å². The van der Waals surface area contributed by atoms with Crippen molar-refractivity contribution in [1.29, 1.82) is 0 Å². The summed E-state index contributed by atoms with van der Waals surface area (Å²) in [5.41, 5.74) is 4.67. The molecule has 0 bridgehead atoms. The van der Waals surface area contributed by atoms with Gasteiger partial charge in [0.15, 0.2) is 14.3 Å². The van der Waals surface area contributed by atoms with Crippen LogP contribution in [0.3, 0.4) is 0 Å². The van der Waals surface area contributed by atoms with Gasteiger partial charge in [0.1, 0.15) is 5.82 Å². The third-order valence-corrected chi connectivity index (χ3v) is 20.3. The molecular weight excluding hydrogens is 1170 g/mol. The van der Waals surface area contributed by atoms with Crippen molar-refractivity contribution in [2.24, 2.45) is 69.5 Å². The number of benzene rings is 3.